The SMILES string of the molecule is CCOC(=O)C(C)(C)n1ccc(CN)n1. The van der Waals surface area contributed by atoms with Crippen LogP contribution in [0.25, 0.3) is 0 Å². The summed E-state index contributed by atoms with van der Waals surface area (Å²) in [7, 11) is 0. The molecule has 0 aromatic carbocycles. The molecule has 0 aliphatic heterocycles. The van der Waals surface area contributed by atoms with Crippen molar-refractivity contribution < 1.29 is 9.53 Å². The maximum absolute atomic E-state index is 11.6. The number of hydrogen-bond donors (Lipinski definition) is 1. The number of rotatable bonds is 4. The van der Waals surface area contributed by atoms with Gasteiger partial charge < -0.3 is 10.5 Å². The van der Waals surface area contributed by atoms with Crippen LogP contribution in [0.4, 0.5) is 0 Å². The first-order valence-corrected chi connectivity index (χ1v) is 4.94. The van der Waals surface area contributed by atoms with Gasteiger partial charge in [0.15, 0.2) is 5.54 Å². The molecule has 2 N–H and O–H groups in total. The van der Waals surface area contributed by atoms with Gasteiger partial charge in [0.25, 0.3) is 0 Å². The normalized spacial score (nSPS) is 11.5. The Morgan fingerprint density at radius 2 is 2.33 bits per heavy atom. The van der Waals surface area contributed by atoms with E-state index < -0.39 is 5.54 Å². The van der Waals surface area contributed by atoms with Gasteiger partial charge in [-0.3, -0.25) is 4.68 Å². The van der Waals surface area contributed by atoms with Crippen molar-refractivity contribution in [3.05, 3.63) is 18.0 Å². The Morgan fingerprint density at radius 3 is 2.80 bits per heavy atom. The molecule has 0 spiro atoms. The average Bonchev–Trinajstić information content (AvgIpc) is 2.66. The molecule has 0 saturated heterocycles. The second kappa shape index (κ2) is 4.44. The number of esters is 1. The highest BCUT2D eigenvalue weighted by Gasteiger charge is 2.31. The van der Waals surface area contributed by atoms with Gasteiger partial charge in [-0.1, -0.05) is 0 Å². The number of aromatic nitrogens is 2. The second-order valence-corrected chi connectivity index (χ2v) is 3.74. The van der Waals surface area contributed by atoms with Crippen LogP contribution in [0.3, 0.4) is 0 Å². The smallest absolute Gasteiger partial charge is 0.333 e. The van der Waals surface area contributed by atoms with Crippen LogP contribution in [-0.4, -0.2) is 22.4 Å². The Hall–Kier alpha value is -1.36. The molecule has 0 fully saturated rings. The zero-order valence-corrected chi connectivity index (χ0v) is 9.36. The minimum atomic E-state index is -0.788. The first-order valence-electron chi connectivity index (χ1n) is 4.94. The van der Waals surface area contributed by atoms with Gasteiger partial charge >= 0.3 is 5.97 Å². The molecule has 1 aromatic heterocycles. The van der Waals surface area contributed by atoms with Crippen molar-refractivity contribution in [2.75, 3.05) is 6.61 Å². The van der Waals surface area contributed by atoms with Gasteiger partial charge in [-0.05, 0) is 26.8 Å². The van der Waals surface area contributed by atoms with Crippen LogP contribution in [0, 0.1) is 0 Å². The van der Waals surface area contributed by atoms with Crippen molar-refractivity contribution >= 4 is 5.97 Å². The molecule has 84 valence electrons. The van der Waals surface area contributed by atoms with Gasteiger partial charge in [0.05, 0.1) is 12.3 Å². The minimum Gasteiger partial charge on any atom is -0.464 e. The van der Waals surface area contributed by atoms with E-state index in [1.807, 2.05) is 0 Å². The largest absolute Gasteiger partial charge is 0.464 e. The van der Waals surface area contributed by atoms with Crippen molar-refractivity contribution in [1.82, 2.24) is 9.78 Å². The van der Waals surface area contributed by atoms with Crippen LogP contribution in [0.2, 0.25) is 0 Å². The molecule has 0 atom stereocenters. The van der Waals surface area contributed by atoms with Crippen molar-refractivity contribution in [3.8, 4) is 0 Å². The van der Waals surface area contributed by atoms with Crippen LogP contribution in [0.15, 0.2) is 12.3 Å². The van der Waals surface area contributed by atoms with E-state index in [4.69, 9.17) is 10.5 Å². The van der Waals surface area contributed by atoms with Gasteiger partial charge in [0.2, 0.25) is 0 Å². The summed E-state index contributed by atoms with van der Waals surface area (Å²) in [6.07, 6.45) is 1.74. The Kier molecular flexibility index (Phi) is 3.47. The summed E-state index contributed by atoms with van der Waals surface area (Å²) in [4.78, 5) is 11.6. The lowest BCUT2D eigenvalue weighted by atomic mass is 10.1. The Balaban J connectivity index is 2.89. The fraction of sp³-hybridized carbons (Fsp3) is 0.600. The number of hydrogen-bond acceptors (Lipinski definition) is 4. The second-order valence-electron chi connectivity index (χ2n) is 3.74. The molecule has 0 radical (unpaired) electrons. The minimum absolute atomic E-state index is 0.295. The predicted molar refractivity (Wildman–Crippen MR) is 56.1 cm³/mol. The monoisotopic (exact) mass is 211 g/mol. The zero-order valence-electron chi connectivity index (χ0n) is 9.36. The molecule has 0 aliphatic carbocycles. The number of nitrogens with two attached hydrogens (primary N) is 1. The van der Waals surface area contributed by atoms with Crippen LogP contribution >= 0.6 is 0 Å². The Bertz CT molecular complexity index is 344. The lowest BCUT2D eigenvalue weighted by molar-refractivity contribution is -0.152. The molecular formula is C10H17N3O2. The standard InChI is InChI=1S/C10H17N3O2/c1-4-15-9(14)10(2,3)13-6-5-8(7-11)12-13/h5-6H,4,7,11H2,1-3H3. The number of ether oxygens (including phenoxy) is 1. The highest BCUT2D eigenvalue weighted by molar-refractivity contribution is 5.77. The van der Waals surface area contributed by atoms with E-state index in [1.54, 1.807) is 37.7 Å². The quantitative estimate of drug-likeness (QED) is 0.742. The zero-order chi connectivity index (χ0) is 11.5. The molecule has 5 nitrogen and oxygen atoms in total. The molecule has 0 unspecified atom stereocenters. The summed E-state index contributed by atoms with van der Waals surface area (Å²) in [6.45, 7) is 6.04. The van der Waals surface area contributed by atoms with Crippen molar-refractivity contribution in [3.63, 3.8) is 0 Å². The molecule has 1 rings (SSSR count). The van der Waals surface area contributed by atoms with Crippen molar-refractivity contribution in [2.24, 2.45) is 5.73 Å². The van der Waals surface area contributed by atoms with Crippen LogP contribution in [-0.2, 0) is 21.6 Å². The first-order chi connectivity index (χ1) is 7.02. The van der Waals surface area contributed by atoms with Crippen LogP contribution in [0.1, 0.15) is 26.5 Å². The molecule has 0 bridgehead atoms. The lowest BCUT2D eigenvalue weighted by Gasteiger charge is -2.22. The number of carbonyl (C=O) groups excluding carboxylic acids is 1. The number of nitrogens with zero attached hydrogens (tertiary/aromatic N) is 2. The van der Waals surface area contributed by atoms with Crippen molar-refractivity contribution in [1.29, 1.82) is 0 Å². The van der Waals surface area contributed by atoms with Gasteiger partial charge in [-0.25, -0.2) is 4.79 Å². The molecule has 5 heteroatoms. The molecular weight excluding hydrogens is 194 g/mol. The lowest BCUT2D eigenvalue weighted by Crippen LogP contribution is -2.38. The van der Waals surface area contributed by atoms with E-state index in [9.17, 15) is 4.79 Å². The van der Waals surface area contributed by atoms with Crippen LogP contribution in [0.5, 0.6) is 0 Å². The van der Waals surface area contributed by atoms with Gasteiger partial charge in [0.1, 0.15) is 0 Å². The highest BCUT2D eigenvalue weighted by Crippen LogP contribution is 2.16. The molecule has 1 aromatic rings. The summed E-state index contributed by atoms with van der Waals surface area (Å²) in [5.41, 5.74) is 5.42. The van der Waals surface area contributed by atoms with E-state index in [1.165, 1.54) is 0 Å². The summed E-state index contributed by atoms with van der Waals surface area (Å²) in [5, 5.41) is 4.19. The van der Waals surface area contributed by atoms with E-state index in [2.05, 4.69) is 5.10 Å². The van der Waals surface area contributed by atoms with E-state index in [-0.39, 0.29) is 5.97 Å². The maximum Gasteiger partial charge on any atom is 0.333 e. The van der Waals surface area contributed by atoms with E-state index in [0.29, 0.717) is 13.2 Å². The summed E-state index contributed by atoms with van der Waals surface area (Å²) < 4.78 is 6.55. The molecule has 1 heterocycles. The third kappa shape index (κ3) is 2.36. The van der Waals surface area contributed by atoms with Crippen LogP contribution < -0.4 is 5.73 Å². The summed E-state index contributed by atoms with van der Waals surface area (Å²) >= 11 is 0. The third-order valence-corrected chi connectivity index (χ3v) is 2.20. The average molecular weight is 211 g/mol. The fourth-order valence-electron chi connectivity index (χ4n) is 1.18. The van der Waals surface area contributed by atoms with Gasteiger partial charge in [0, 0.05) is 12.7 Å². The highest BCUT2D eigenvalue weighted by atomic mass is 16.5. The summed E-state index contributed by atoms with van der Waals surface area (Å²) in [5.74, 6) is -0.295. The summed E-state index contributed by atoms with van der Waals surface area (Å²) in [6, 6.07) is 1.79. The molecule has 0 amide bonds. The molecule has 15 heavy (non-hydrogen) atoms. The number of carbonyl (C=O) groups is 1. The third-order valence-electron chi connectivity index (χ3n) is 2.20. The molecule has 0 saturated carbocycles. The Morgan fingerprint density at radius 1 is 1.67 bits per heavy atom. The van der Waals surface area contributed by atoms with E-state index in [0.717, 1.165) is 5.69 Å². The van der Waals surface area contributed by atoms with E-state index >= 15 is 0 Å². The first kappa shape index (κ1) is 11.7. The molecule has 0 aliphatic rings. The Labute approximate surface area is 89.2 Å². The van der Waals surface area contributed by atoms with Gasteiger partial charge in [-0.2, -0.15) is 5.10 Å². The van der Waals surface area contributed by atoms with Crippen molar-refractivity contribution in [2.45, 2.75) is 32.9 Å². The van der Waals surface area contributed by atoms with Gasteiger partial charge in [-0.15, -0.1) is 0 Å². The topological polar surface area (TPSA) is 70.1 Å². The fourth-order valence-corrected chi connectivity index (χ4v) is 1.18. The predicted octanol–water partition coefficient (Wildman–Crippen LogP) is 0.640. The maximum atomic E-state index is 11.6.